The highest BCUT2D eigenvalue weighted by atomic mass is 14.9. The highest BCUT2D eigenvalue weighted by Gasteiger charge is 2.42. The van der Waals surface area contributed by atoms with Gasteiger partial charge in [0.15, 0.2) is 0 Å². The molecule has 1 aliphatic rings. The van der Waals surface area contributed by atoms with E-state index in [1.54, 1.807) is 6.07 Å². The lowest BCUT2D eigenvalue weighted by Crippen LogP contribution is -2.13. The van der Waals surface area contributed by atoms with Crippen molar-refractivity contribution in [2.24, 2.45) is 5.41 Å². The van der Waals surface area contributed by atoms with Crippen LogP contribution in [-0.4, -0.2) is 6.54 Å². The van der Waals surface area contributed by atoms with E-state index < -0.39 is 0 Å². The van der Waals surface area contributed by atoms with Gasteiger partial charge in [-0.25, -0.2) is 0 Å². The van der Waals surface area contributed by atoms with E-state index >= 15 is 0 Å². The molecule has 2 rings (SSSR count). The third kappa shape index (κ3) is 1.92. The van der Waals surface area contributed by atoms with Crippen LogP contribution in [0.15, 0.2) is 24.3 Å². The van der Waals surface area contributed by atoms with Gasteiger partial charge in [0.25, 0.3) is 0 Å². The van der Waals surface area contributed by atoms with E-state index in [9.17, 15) is 0 Å². The van der Waals surface area contributed by atoms with Gasteiger partial charge in [-0.1, -0.05) is 12.1 Å². The Bertz CT molecular complexity index is 447. The van der Waals surface area contributed by atoms with Crippen LogP contribution in [0, 0.1) is 28.1 Å². The topological polar surface area (TPSA) is 59.6 Å². The molecule has 3 heteroatoms. The zero-order chi connectivity index (χ0) is 10.7. The van der Waals surface area contributed by atoms with E-state index in [1.807, 2.05) is 18.2 Å². The second-order valence-corrected chi connectivity index (χ2v) is 3.90. The van der Waals surface area contributed by atoms with Crippen molar-refractivity contribution in [2.75, 3.05) is 11.9 Å². The zero-order valence-electron chi connectivity index (χ0n) is 8.33. The Morgan fingerprint density at radius 1 is 1.27 bits per heavy atom. The molecule has 1 aromatic carbocycles. The van der Waals surface area contributed by atoms with Gasteiger partial charge in [0.1, 0.15) is 6.07 Å². The third-order valence-corrected chi connectivity index (χ3v) is 2.76. The third-order valence-electron chi connectivity index (χ3n) is 2.76. The van der Waals surface area contributed by atoms with Crippen LogP contribution in [0.4, 0.5) is 5.69 Å². The number of hydrogen-bond donors (Lipinski definition) is 1. The van der Waals surface area contributed by atoms with E-state index in [4.69, 9.17) is 10.5 Å². The van der Waals surface area contributed by atoms with Crippen LogP contribution in [0.3, 0.4) is 0 Å². The molecule has 1 saturated carbocycles. The molecule has 0 aromatic heterocycles. The van der Waals surface area contributed by atoms with Crippen molar-refractivity contribution in [3.8, 4) is 12.1 Å². The first-order valence-electron chi connectivity index (χ1n) is 4.94. The molecule has 15 heavy (non-hydrogen) atoms. The molecule has 0 bridgehead atoms. The molecular weight excluding hydrogens is 186 g/mol. The molecular formula is C12H11N3. The highest BCUT2D eigenvalue weighted by molar-refractivity contribution is 5.57. The summed E-state index contributed by atoms with van der Waals surface area (Å²) in [4.78, 5) is 0. The number of para-hydroxylation sites is 1. The average molecular weight is 197 g/mol. The summed E-state index contributed by atoms with van der Waals surface area (Å²) in [6, 6.07) is 11.8. The highest BCUT2D eigenvalue weighted by Crippen LogP contribution is 2.44. The van der Waals surface area contributed by atoms with E-state index in [0.29, 0.717) is 12.1 Å². The summed E-state index contributed by atoms with van der Waals surface area (Å²) in [5, 5.41) is 20.9. The predicted molar refractivity (Wildman–Crippen MR) is 56.9 cm³/mol. The van der Waals surface area contributed by atoms with E-state index in [-0.39, 0.29) is 5.41 Å². The largest absolute Gasteiger partial charge is 0.382 e. The number of anilines is 1. The molecule has 0 atom stereocenters. The van der Waals surface area contributed by atoms with Crippen molar-refractivity contribution in [3.05, 3.63) is 29.8 Å². The van der Waals surface area contributed by atoms with Gasteiger partial charge < -0.3 is 5.32 Å². The van der Waals surface area contributed by atoms with Crippen LogP contribution in [0.1, 0.15) is 18.4 Å². The summed E-state index contributed by atoms with van der Waals surface area (Å²) in [6.07, 6.45) is 1.93. The molecule has 1 N–H and O–H groups in total. The van der Waals surface area contributed by atoms with Crippen LogP contribution < -0.4 is 5.32 Å². The zero-order valence-corrected chi connectivity index (χ0v) is 8.33. The van der Waals surface area contributed by atoms with Gasteiger partial charge in [-0.3, -0.25) is 0 Å². The summed E-state index contributed by atoms with van der Waals surface area (Å²) in [5.41, 5.74) is 1.27. The van der Waals surface area contributed by atoms with E-state index in [2.05, 4.69) is 17.5 Å². The van der Waals surface area contributed by atoms with Crippen molar-refractivity contribution in [3.63, 3.8) is 0 Å². The predicted octanol–water partition coefficient (Wildman–Crippen LogP) is 2.27. The summed E-state index contributed by atoms with van der Waals surface area (Å²) in [6.45, 7) is 0.641. The quantitative estimate of drug-likeness (QED) is 0.808. The van der Waals surface area contributed by atoms with Gasteiger partial charge in [0.05, 0.1) is 22.7 Å². The summed E-state index contributed by atoms with van der Waals surface area (Å²) >= 11 is 0. The molecule has 0 heterocycles. The lowest BCUT2D eigenvalue weighted by atomic mass is 10.1. The van der Waals surface area contributed by atoms with E-state index in [1.165, 1.54) is 0 Å². The normalized spacial score (nSPS) is 16.1. The van der Waals surface area contributed by atoms with Gasteiger partial charge in [-0.15, -0.1) is 0 Å². The van der Waals surface area contributed by atoms with Gasteiger partial charge in [0, 0.05) is 6.54 Å². The Kier molecular flexibility index (Phi) is 2.31. The standard InChI is InChI=1S/C12H11N3/c13-7-10-3-1-2-4-11(10)15-9-12(8-14)5-6-12/h1-4,15H,5-6,9H2. The lowest BCUT2D eigenvalue weighted by molar-refractivity contribution is 0.711. The summed E-state index contributed by atoms with van der Waals surface area (Å²) in [7, 11) is 0. The monoisotopic (exact) mass is 197 g/mol. The van der Waals surface area contributed by atoms with Crippen LogP contribution in [0.5, 0.6) is 0 Å². The number of hydrogen-bond acceptors (Lipinski definition) is 3. The number of nitriles is 2. The minimum absolute atomic E-state index is 0.178. The molecule has 0 spiro atoms. The number of benzene rings is 1. The minimum Gasteiger partial charge on any atom is -0.382 e. The number of rotatable bonds is 3. The smallest absolute Gasteiger partial charge is 0.101 e. The van der Waals surface area contributed by atoms with Crippen molar-refractivity contribution in [1.29, 1.82) is 10.5 Å². The Morgan fingerprint density at radius 3 is 2.60 bits per heavy atom. The first kappa shape index (κ1) is 9.55. The first-order chi connectivity index (χ1) is 7.29. The second kappa shape index (κ2) is 3.63. The maximum absolute atomic E-state index is 8.91. The Balaban J connectivity index is 2.06. The van der Waals surface area contributed by atoms with Gasteiger partial charge in [-0.05, 0) is 25.0 Å². The maximum Gasteiger partial charge on any atom is 0.101 e. The second-order valence-electron chi connectivity index (χ2n) is 3.90. The van der Waals surface area contributed by atoms with Crippen molar-refractivity contribution in [1.82, 2.24) is 0 Å². The lowest BCUT2D eigenvalue weighted by Gasteiger charge is -2.10. The van der Waals surface area contributed by atoms with Crippen molar-refractivity contribution >= 4 is 5.69 Å². The molecule has 0 radical (unpaired) electrons. The molecule has 1 fully saturated rings. The molecule has 0 aliphatic heterocycles. The van der Waals surface area contributed by atoms with E-state index in [0.717, 1.165) is 18.5 Å². The van der Waals surface area contributed by atoms with Crippen LogP contribution >= 0.6 is 0 Å². The average Bonchev–Trinajstić information content (AvgIpc) is 3.07. The minimum atomic E-state index is -0.178. The van der Waals surface area contributed by atoms with Gasteiger partial charge in [-0.2, -0.15) is 10.5 Å². The summed E-state index contributed by atoms with van der Waals surface area (Å²) in [5.74, 6) is 0. The van der Waals surface area contributed by atoms with Crippen molar-refractivity contribution in [2.45, 2.75) is 12.8 Å². The Morgan fingerprint density at radius 2 is 2.00 bits per heavy atom. The Labute approximate surface area is 89.0 Å². The molecule has 0 unspecified atom stereocenters. The Hall–Kier alpha value is -2.00. The van der Waals surface area contributed by atoms with Crippen LogP contribution in [-0.2, 0) is 0 Å². The molecule has 0 amide bonds. The molecule has 3 nitrogen and oxygen atoms in total. The van der Waals surface area contributed by atoms with Crippen LogP contribution in [0.25, 0.3) is 0 Å². The number of nitrogens with one attached hydrogen (secondary N) is 1. The maximum atomic E-state index is 8.91. The SMILES string of the molecule is N#Cc1ccccc1NCC1(C#N)CC1. The molecule has 74 valence electrons. The fourth-order valence-electron chi connectivity index (χ4n) is 1.48. The van der Waals surface area contributed by atoms with Gasteiger partial charge in [0.2, 0.25) is 0 Å². The van der Waals surface area contributed by atoms with Gasteiger partial charge >= 0.3 is 0 Å². The first-order valence-corrected chi connectivity index (χ1v) is 4.94. The fraction of sp³-hybridized carbons (Fsp3) is 0.333. The molecule has 1 aromatic rings. The molecule has 1 aliphatic carbocycles. The van der Waals surface area contributed by atoms with Crippen LogP contribution in [0.2, 0.25) is 0 Å². The van der Waals surface area contributed by atoms with Crippen molar-refractivity contribution < 1.29 is 0 Å². The fourth-order valence-corrected chi connectivity index (χ4v) is 1.48. The summed E-state index contributed by atoms with van der Waals surface area (Å²) < 4.78 is 0. The number of nitrogens with zero attached hydrogens (tertiary/aromatic N) is 2. The molecule has 0 saturated heterocycles.